The Labute approximate surface area is 110 Å². The summed E-state index contributed by atoms with van der Waals surface area (Å²) in [5, 5.41) is 8.81. The van der Waals surface area contributed by atoms with Crippen LogP contribution in [0, 0.1) is 5.82 Å². The maximum Gasteiger partial charge on any atom is 0.335 e. The summed E-state index contributed by atoms with van der Waals surface area (Å²) in [6.45, 7) is 0.515. The van der Waals surface area contributed by atoms with Crippen LogP contribution in [0.4, 0.5) is 10.1 Å². The predicted octanol–water partition coefficient (Wildman–Crippen LogP) is 3.16. The van der Waals surface area contributed by atoms with Gasteiger partial charge in [-0.25, -0.2) is 9.18 Å². The van der Waals surface area contributed by atoms with Crippen molar-refractivity contribution in [2.24, 2.45) is 0 Å². The minimum atomic E-state index is -0.950. The van der Waals surface area contributed by atoms with E-state index in [4.69, 9.17) is 5.11 Å². The van der Waals surface area contributed by atoms with Crippen LogP contribution in [0.25, 0.3) is 0 Å². The summed E-state index contributed by atoms with van der Waals surface area (Å²) in [5.41, 5.74) is 1.69. The number of nitrogens with zero attached hydrogens (tertiary/aromatic N) is 1. The first-order valence-corrected chi connectivity index (χ1v) is 5.86. The van der Waals surface area contributed by atoms with Crippen LogP contribution in [0.15, 0.2) is 48.5 Å². The molecule has 0 aliphatic rings. The first-order valence-electron chi connectivity index (χ1n) is 5.86. The van der Waals surface area contributed by atoms with E-state index in [0.717, 1.165) is 5.56 Å². The fraction of sp³-hybridized carbons (Fsp3) is 0.133. The molecule has 0 heterocycles. The van der Waals surface area contributed by atoms with Gasteiger partial charge in [-0.1, -0.05) is 24.3 Å². The smallest absolute Gasteiger partial charge is 0.335 e. The van der Waals surface area contributed by atoms with Crippen molar-refractivity contribution in [2.45, 2.75) is 6.54 Å². The highest BCUT2D eigenvalue weighted by Crippen LogP contribution is 2.19. The number of carboxylic acids is 1. The summed E-state index contributed by atoms with van der Waals surface area (Å²) < 4.78 is 13.6. The zero-order valence-corrected chi connectivity index (χ0v) is 10.5. The van der Waals surface area contributed by atoms with Crippen molar-refractivity contribution >= 4 is 11.7 Å². The first-order chi connectivity index (χ1) is 9.08. The van der Waals surface area contributed by atoms with Gasteiger partial charge in [-0.2, -0.15) is 0 Å². The Morgan fingerprint density at radius 3 is 2.37 bits per heavy atom. The molecule has 2 rings (SSSR count). The SMILES string of the molecule is CN(Cc1ccc(C(=O)O)cc1)c1ccccc1F. The molecule has 0 spiro atoms. The molecule has 4 heteroatoms. The highest BCUT2D eigenvalue weighted by Gasteiger charge is 2.08. The molecule has 0 radical (unpaired) electrons. The minimum Gasteiger partial charge on any atom is -0.478 e. The maximum atomic E-state index is 13.6. The predicted molar refractivity (Wildman–Crippen MR) is 71.9 cm³/mol. The molecule has 0 aromatic heterocycles. The van der Waals surface area contributed by atoms with Crippen LogP contribution in [0.1, 0.15) is 15.9 Å². The summed E-state index contributed by atoms with van der Waals surface area (Å²) in [6.07, 6.45) is 0. The highest BCUT2D eigenvalue weighted by atomic mass is 19.1. The molecule has 0 aliphatic heterocycles. The van der Waals surface area contributed by atoms with E-state index in [1.807, 2.05) is 0 Å². The van der Waals surface area contributed by atoms with Crippen molar-refractivity contribution in [3.8, 4) is 0 Å². The van der Waals surface area contributed by atoms with Crippen LogP contribution in [-0.2, 0) is 6.54 Å². The Balaban J connectivity index is 2.13. The van der Waals surface area contributed by atoms with Crippen molar-refractivity contribution in [2.75, 3.05) is 11.9 Å². The van der Waals surface area contributed by atoms with Gasteiger partial charge in [0.2, 0.25) is 0 Å². The number of halogens is 1. The van der Waals surface area contributed by atoms with Gasteiger partial charge in [-0.15, -0.1) is 0 Å². The summed E-state index contributed by atoms with van der Waals surface area (Å²) in [5.74, 6) is -1.22. The number of rotatable bonds is 4. The van der Waals surface area contributed by atoms with Gasteiger partial charge in [-0.3, -0.25) is 0 Å². The fourth-order valence-corrected chi connectivity index (χ4v) is 1.87. The summed E-state index contributed by atoms with van der Waals surface area (Å²) in [6, 6.07) is 13.1. The molecule has 0 aliphatic carbocycles. The number of hydrogen-bond donors (Lipinski definition) is 1. The number of benzene rings is 2. The van der Waals surface area contributed by atoms with E-state index in [1.54, 1.807) is 54.4 Å². The third kappa shape index (κ3) is 3.10. The second kappa shape index (κ2) is 5.52. The number of carbonyl (C=O) groups is 1. The normalized spacial score (nSPS) is 10.2. The van der Waals surface area contributed by atoms with E-state index in [2.05, 4.69) is 0 Å². The Kier molecular flexibility index (Phi) is 3.80. The zero-order chi connectivity index (χ0) is 13.8. The van der Waals surface area contributed by atoms with Crippen molar-refractivity contribution in [3.05, 3.63) is 65.5 Å². The van der Waals surface area contributed by atoms with E-state index < -0.39 is 5.97 Å². The van der Waals surface area contributed by atoms with Crippen molar-refractivity contribution < 1.29 is 14.3 Å². The highest BCUT2D eigenvalue weighted by molar-refractivity contribution is 5.87. The number of para-hydroxylation sites is 1. The summed E-state index contributed by atoms with van der Waals surface area (Å²) in [4.78, 5) is 12.5. The molecular weight excluding hydrogens is 245 g/mol. The lowest BCUT2D eigenvalue weighted by molar-refractivity contribution is 0.0697. The second-order valence-electron chi connectivity index (χ2n) is 4.31. The standard InChI is InChI=1S/C15H14FNO2/c1-17(14-5-3-2-4-13(14)16)10-11-6-8-12(9-7-11)15(18)19/h2-9H,10H2,1H3,(H,18,19). The van der Waals surface area contributed by atoms with Gasteiger partial charge in [0.05, 0.1) is 11.3 Å². The first kappa shape index (κ1) is 13.1. The molecule has 0 bridgehead atoms. The van der Waals surface area contributed by atoms with E-state index in [1.165, 1.54) is 6.07 Å². The van der Waals surface area contributed by atoms with Gasteiger partial charge in [0, 0.05) is 13.6 Å². The Hall–Kier alpha value is -2.36. The Morgan fingerprint density at radius 2 is 1.79 bits per heavy atom. The van der Waals surface area contributed by atoms with Gasteiger partial charge in [0.1, 0.15) is 5.82 Å². The lowest BCUT2D eigenvalue weighted by Gasteiger charge is -2.20. The van der Waals surface area contributed by atoms with Crippen LogP contribution in [0.2, 0.25) is 0 Å². The summed E-state index contributed by atoms with van der Waals surface area (Å²) >= 11 is 0. The largest absolute Gasteiger partial charge is 0.478 e. The van der Waals surface area contributed by atoms with Crippen molar-refractivity contribution in [1.82, 2.24) is 0 Å². The number of hydrogen-bond acceptors (Lipinski definition) is 2. The second-order valence-corrected chi connectivity index (χ2v) is 4.31. The van der Waals surface area contributed by atoms with Crippen molar-refractivity contribution in [3.63, 3.8) is 0 Å². The van der Waals surface area contributed by atoms with Crippen LogP contribution < -0.4 is 4.90 Å². The molecule has 2 aromatic carbocycles. The van der Waals surface area contributed by atoms with Gasteiger partial charge >= 0.3 is 5.97 Å². The zero-order valence-electron chi connectivity index (χ0n) is 10.5. The molecule has 0 saturated heterocycles. The topological polar surface area (TPSA) is 40.5 Å². The molecule has 3 nitrogen and oxygen atoms in total. The lowest BCUT2D eigenvalue weighted by Crippen LogP contribution is -2.17. The van der Waals surface area contributed by atoms with Crippen LogP contribution in [-0.4, -0.2) is 18.1 Å². The van der Waals surface area contributed by atoms with Gasteiger partial charge in [0.15, 0.2) is 0 Å². The van der Waals surface area contributed by atoms with E-state index >= 15 is 0 Å². The number of anilines is 1. The van der Waals surface area contributed by atoms with Crippen molar-refractivity contribution in [1.29, 1.82) is 0 Å². The minimum absolute atomic E-state index is 0.247. The average molecular weight is 259 g/mol. The maximum absolute atomic E-state index is 13.6. The molecule has 19 heavy (non-hydrogen) atoms. The summed E-state index contributed by atoms with van der Waals surface area (Å²) in [7, 11) is 1.80. The quantitative estimate of drug-likeness (QED) is 0.916. The van der Waals surface area contributed by atoms with Crippen LogP contribution in [0.3, 0.4) is 0 Å². The Morgan fingerprint density at radius 1 is 1.16 bits per heavy atom. The molecule has 0 fully saturated rings. The van der Waals surface area contributed by atoms with Gasteiger partial charge < -0.3 is 10.0 Å². The molecule has 2 aromatic rings. The monoisotopic (exact) mass is 259 g/mol. The third-order valence-corrected chi connectivity index (χ3v) is 2.88. The third-order valence-electron chi connectivity index (χ3n) is 2.88. The van der Waals surface area contributed by atoms with Gasteiger partial charge in [-0.05, 0) is 29.8 Å². The van der Waals surface area contributed by atoms with Gasteiger partial charge in [0.25, 0.3) is 0 Å². The molecule has 0 amide bonds. The molecule has 0 atom stereocenters. The molecule has 98 valence electrons. The average Bonchev–Trinajstić information content (AvgIpc) is 2.39. The molecule has 1 N–H and O–H groups in total. The lowest BCUT2D eigenvalue weighted by atomic mass is 10.1. The molecular formula is C15H14FNO2. The fourth-order valence-electron chi connectivity index (χ4n) is 1.87. The molecule has 0 saturated carbocycles. The number of aromatic carboxylic acids is 1. The van der Waals surface area contributed by atoms with E-state index in [9.17, 15) is 9.18 Å². The molecule has 0 unspecified atom stereocenters. The van der Waals surface area contributed by atoms with E-state index in [0.29, 0.717) is 12.2 Å². The Bertz CT molecular complexity index is 581. The van der Waals surface area contributed by atoms with Crippen LogP contribution >= 0.6 is 0 Å². The van der Waals surface area contributed by atoms with E-state index in [-0.39, 0.29) is 11.4 Å². The van der Waals surface area contributed by atoms with Crippen LogP contribution in [0.5, 0.6) is 0 Å². The number of carboxylic acid groups (broad SMARTS) is 1.